The van der Waals surface area contributed by atoms with Gasteiger partial charge in [-0.3, -0.25) is 4.79 Å². The van der Waals surface area contributed by atoms with E-state index in [2.05, 4.69) is 32.5 Å². The largest absolute Gasteiger partial charge is 0.478 e. The lowest BCUT2D eigenvalue weighted by Gasteiger charge is -2.20. The van der Waals surface area contributed by atoms with Gasteiger partial charge in [0.25, 0.3) is 5.56 Å². The molecule has 39 heavy (non-hydrogen) atoms. The third kappa shape index (κ3) is 5.24. The molecule has 2 N–H and O–H groups in total. The maximum absolute atomic E-state index is 13.2. The highest BCUT2D eigenvalue weighted by Crippen LogP contribution is 2.30. The number of H-pyrrole nitrogens is 1. The third-order valence-corrected chi connectivity index (χ3v) is 6.82. The Morgan fingerprint density at radius 1 is 0.949 bits per heavy atom. The number of tetrazole rings is 1. The van der Waals surface area contributed by atoms with Gasteiger partial charge < -0.3 is 9.67 Å². The Bertz CT molecular complexity index is 1670. The minimum Gasteiger partial charge on any atom is -0.478 e. The number of aryl methyl sites for hydroxylation is 1. The van der Waals surface area contributed by atoms with Crippen LogP contribution in [0.3, 0.4) is 0 Å². The highest BCUT2D eigenvalue weighted by Gasteiger charge is 2.20. The van der Waals surface area contributed by atoms with Crippen LogP contribution in [-0.4, -0.2) is 41.3 Å². The van der Waals surface area contributed by atoms with Crippen LogP contribution in [0.4, 0.5) is 0 Å². The van der Waals surface area contributed by atoms with Crippen LogP contribution >= 0.6 is 0 Å². The molecule has 0 saturated carbocycles. The maximum atomic E-state index is 13.2. The molecule has 9 nitrogen and oxygen atoms in total. The highest BCUT2D eigenvalue weighted by molar-refractivity contribution is 5.96. The highest BCUT2D eigenvalue weighted by atomic mass is 16.4. The molecule has 0 aliphatic rings. The second kappa shape index (κ2) is 11.2. The van der Waals surface area contributed by atoms with E-state index in [1.165, 1.54) is 6.07 Å². The Morgan fingerprint density at radius 3 is 2.31 bits per heavy atom. The van der Waals surface area contributed by atoms with E-state index < -0.39 is 11.5 Å². The first-order chi connectivity index (χ1) is 19.0. The zero-order valence-corrected chi connectivity index (χ0v) is 21.8. The van der Waals surface area contributed by atoms with Crippen molar-refractivity contribution >= 4 is 5.97 Å². The van der Waals surface area contributed by atoms with Crippen molar-refractivity contribution in [3.05, 3.63) is 106 Å². The van der Waals surface area contributed by atoms with Crippen molar-refractivity contribution in [3.63, 3.8) is 0 Å². The summed E-state index contributed by atoms with van der Waals surface area (Å²) in [5.41, 5.74) is 4.97. The molecule has 5 aromatic rings. The fourth-order valence-corrected chi connectivity index (χ4v) is 4.83. The number of carbonyl (C=O) groups is 1. The summed E-state index contributed by atoms with van der Waals surface area (Å²) in [5.74, 6) is 0.143. The Morgan fingerprint density at radius 2 is 1.64 bits per heavy atom. The van der Waals surface area contributed by atoms with E-state index in [0.29, 0.717) is 41.4 Å². The predicted molar refractivity (Wildman–Crippen MR) is 148 cm³/mol. The molecule has 0 spiro atoms. The number of carboxylic acid groups (broad SMARTS) is 1. The Labute approximate surface area is 225 Å². The first-order valence-electron chi connectivity index (χ1n) is 12.8. The summed E-state index contributed by atoms with van der Waals surface area (Å²) in [6.45, 7) is 4.45. The topological polar surface area (TPSA) is 127 Å². The van der Waals surface area contributed by atoms with Crippen molar-refractivity contribution < 1.29 is 9.90 Å². The number of aromatic amines is 1. The fourth-order valence-electron chi connectivity index (χ4n) is 4.83. The van der Waals surface area contributed by atoms with Gasteiger partial charge in [0.15, 0.2) is 0 Å². The molecule has 0 saturated heterocycles. The minimum absolute atomic E-state index is 0.0805. The second-order valence-corrected chi connectivity index (χ2v) is 9.31. The average molecular weight is 521 g/mol. The molecule has 2 heterocycles. The van der Waals surface area contributed by atoms with Crippen LogP contribution in [0.5, 0.6) is 0 Å². The van der Waals surface area contributed by atoms with Gasteiger partial charge in [-0.15, -0.1) is 10.2 Å². The molecule has 0 radical (unpaired) electrons. The van der Waals surface area contributed by atoms with E-state index in [1.54, 1.807) is 18.2 Å². The molecule has 2 aromatic heterocycles. The molecular formula is C30H28N6O3. The standard InChI is InChI=1S/C30H28N6O3/c1-3-4-13-26-31-29(37)27(23-10-6-8-12-25(23)30(38)39)19(2)36(26)18-20-14-16-21(17-15-20)22-9-5-7-11-24(22)28-32-34-35-33-28/h5-12,14-17H,3-4,13,18H2,1-2H3,(H,38,39)(H,32,33,34,35). The molecule has 0 aliphatic carbocycles. The van der Waals surface area contributed by atoms with Crippen LogP contribution in [-0.2, 0) is 13.0 Å². The van der Waals surface area contributed by atoms with Gasteiger partial charge in [0, 0.05) is 29.8 Å². The van der Waals surface area contributed by atoms with Crippen molar-refractivity contribution in [3.8, 4) is 33.6 Å². The first kappa shape index (κ1) is 25.7. The number of aromatic carboxylic acids is 1. The van der Waals surface area contributed by atoms with Crippen LogP contribution < -0.4 is 5.56 Å². The molecule has 0 fully saturated rings. The number of carboxylic acids is 1. The van der Waals surface area contributed by atoms with Crippen molar-refractivity contribution in [1.82, 2.24) is 30.2 Å². The molecular weight excluding hydrogens is 492 g/mol. The van der Waals surface area contributed by atoms with Gasteiger partial charge >= 0.3 is 5.97 Å². The SMILES string of the molecule is CCCCc1nc(=O)c(-c2ccccc2C(=O)O)c(C)n1Cc1ccc(-c2ccccc2-c2nn[nH]n2)cc1. The average Bonchev–Trinajstić information content (AvgIpc) is 3.49. The first-order valence-corrected chi connectivity index (χ1v) is 12.8. The zero-order valence-electron chi connectivity index (χ0n) is 21.8. The summed E-state index contributed by atoms with van der Waals surface area (Å²) >= 11 is 0. The summed E-state index contributed by atoms with van der Waals surface area (Å²) in [6.07, 6.45) is 2.51. The van der Waals surface area contributed by atoms with Gasteiger partial charge in [-0.2, -0.15) is 10.2 Å². The van der Waals surface area contributed by atoms with E-state index in [-0.39, 0.29) is 5.56 Å². The predicted octanol–water partition coefficient (Wildman–Crippen LogP) is 5.15. The smallest absolute Gasteiger partial charge is 0.336 e. The van der Waals surface area contributed by atoms with Crippen LogP contribution in [0.2, 0.25) is 0 Å². The number of rotatable bonds is 9. The maximum Gasteiger partial charge on any atom is 0.336 e. The van der Waals surface area contributed by atoms with Gasteiger partial charge in [-0.1, -0.05) is 80.1 Å². The number of nitrogens with one attached hydrogen (secondary N) is 1. The lowest BCUT2D eigenvalue weighted by molar-refractivity contribution is 0.0697. The van der Waals surface area contributed by atoms with Gasteiger partial charge in [0.2, 0.25) is 5.82 Å². The Hall–Kier alpha value is -4.92. The molecule has 0 amide bonds. The minimum atomic E-state index is -1.08. The Balaban J connectivity index is 1.55. The number of hydrogen-bond acceptors (Lipinski definition) is 6. The van der Waals surface area contributed by atoms with Gasteiger partial charge in [0.05, 0.1) is 11.1 Å². The van der Waals surface area contributed by atoms with Crippen LogP contribution in [0.25, 0.3) is 33.6 Å². The number of unbranched alkanes of at least 4 members (excludes halogenated alkanes) is 1. The van der Waals surface area contributed by atoms with E-state index in [1.807, 2.05) is 60.0 Å². The van der Waals surface area contributed by atoms with Crippen molar-refractivity contribution in [2.45, 2.75) is 39.7 Å². The van der Waals surface area contributed by atoms with Gasteiger partial charge in [-0.05, 0) is 41.3 Å². The summed E-state index contributed by atoms with van der Waals surface area (Å²) in [6, 6.07) is 22.7. The van der Waals surface area contributed by atoms with Crippen LogP contribution in [0, 0.1) is 6.92 Å². The van der Waals surface area contributed by atoms with E-state index >= 15 is 0 Å². The number of benzene rings is 3. The molecule has 3 aromatic carbocycles. The summed E-state index contributed by atoms with van der Waals surface area (Å²) in [5, 5.41) is 24.2. The normalized spacial score (nSPS) is 11.0. The van der Waals surface area contributed by atoms with Crippen LogP contribution in [0.15, 0.2) is 77.6 Å². The molecule has 0 bridgehead atoms. The zero-order chi connectivity index (χ0) is 27.4. The molecule has 0 aliphatic heterocycles. The summed E-state index contributed by atoms with van der Waals surface area (Å²) in [7, 11) is 0. The van der Waals surface area contributed by atoms with E-state index in [9.17, 15) is 14.7 Å². The van der Waals surface area contributed by atoms with Crippen molar-refractivity contribution in [2.24, 2.45) is 0 Å². The van der Waals surface area contributed by atoms with E-state index in [0.717, 1.165) is 35.1 Å². The molecule has 5 rings (SSSR count). The third-order valence-electron chi connectivity index (χ3n) is 6.82. The fraction of sp³-hybridized carbons (Fsp3) is 0.200. The number of aromatic nitrogens is 6. The lowest BCUT2D eigenvalue weighted by Crippen LogP contribution is -2.24. The summed E-state index contributed by atoms with van der Waals surface area (Å²) in [4.78, 5) is 29.5. The number of hydrogen-bond donors (Lipinski definition) is 2. The van der Waals surface area contributed by atoms with Gasteiger partial charge in [0.1, 0.15) is 5.82 Å². The second-order valence-electron chi connectivity index (χ2n) is 9.31. The quantitative estimate of drug-likeness (QED) is 0.275. The lowest BCUT2D eigenvalue weighted by atomic mass is 9.97. The molecule has 196 valence electrons. The van der Waals surface area contributed by atoms with Crippen molar-refractivity contribution in [1.29, 1.82) is 0 Å². The molecule has 0 unspecified atom stereocenters. The Kier molecular flexibility index (Phi) is 7.40. The van der Waals surface area contributed by atoms with Gasteiger partial charge in [-0.25, -0.2) is 4.79 Å². The van der Waals surface area contributed by atoms with Crippen LogP contribution in [0.1, 0.15) is 47.2 Å². The molecule has 0 atom stereocenters. The van der Waals surface area contributed by atoms with Crippen molar-refractivity contribution in [2.75, 3.05) is 0 Å². The number of nitrogens with zero attached hydrogens (tertiary/aromatic N) is 5. The van der Waals surface area contributed by atoms with E-state index in [4.69, 9.17) is 0 Å². The summed E-state index contributed by atoms with van der Waals surface area (Å²) < 4.78 is 2.04. The monoisotopic (exact) mass is 520 g/mol. The molecule has 9 heteroatoms.